The van der Waals surface area contributed by atoms with Crippen LogP contribution in [0.3, 0.4) is 0 Å². The van der Waals surface area contributed by atoms with Crippen LogP contribution in [0.1, 0.15) is 61.2 Å². The molecular formula is C23H29N5O5S. The third-order valence-corrected chi connectivity index (χ3v) is 5.92. The monoisotopic (exact) mass is 487 g/mol. The van der Waals surface area contributed by atoms with Crippen molar-refractivity contribution < 1.29 is 19.5 Å². The summed E-state index contributed by atoms with van der Waals surface area (Å²) in [6.45, 7) is 11.5. The van der Waals surface area contributed by atoms with Crippen LogP contribution in [0.5, 0.6) is 5.75 Å². The quantitative estimate of drug-likeness (QED) is 0.250. The van der Waals surface area contributed by atoms with Gasteiger partial charge in [0.15, 0.2) is 6.61 Å². The number of benzene rings is 1. The van der Waals surface area contributed by atoms with Crippen LogP contribution in [0.25, 0.3) is 10.2 Å². The number of nitrogens with zero attached hydrogens (tertiary/aromatic N) is 2. The third-order valence-electron chi connectivity index (χ3n) is 4.62. The van der Waals surface area contributed by atoms with Crippen molar-refractivity contribution in [2.75, 3.05) is 11.9 Å². The fraction of sp³-hybridized carbons (Fsp3) is 0.348. The molecule has 182 valence electrons. The maximum absolute atomic E-state index is 12.5. The Bertz CT molecular complexity index is 1280. The van der Waals surface area contributed by atoms with Crippen molar-refractivity contribution in [3.05, 3.63) is 50.4 Å². The molecule has 0 bridgehead atoms. The summed E-state index contributed by atoms with van der Waals surface area (Å²) in [4.78, 5) is 44.2. The fourth-order valence-electron chi connectivity index (χ4n) is 3.15. The van der Waals surface area contributed by atoms with Crippen molar-refractivity contribution in [2.24, 2.45) is 5.16 Å². The van der Waals surface area contributed by atoms with E-state index in [0.29, 0.717) is 37.8 Å². The Morgan fingerprint density at radius 1 is 1.26 bits per heavy atom. The minimum Gasteiger partial charge on any atom is -0.482 e. The zero-order valence-electron chi connectivity index (χ0n) is 20.0. The molecule has 3 aromatic rings. The zero-order valence-corrected chi connectivity index (χ0v) is 20.8. The van der Waals surface area contributed by atoms with Crippen molar-refractivity contribution >= 4 is 44.8 Å². The first kappa shape index (κ1) is 26.5. The lowest BCUT2D eigenvalue weighted by molar-refractivity contribution is -0.118. The molecule has 1 aliphatic heterocycles. The van der Waals surface area contributed by atoms with Gasteiger partial charge in [0, 0.05) is 6.54 Å². The SMILES string of the molecule is C/C(=N\O)c1sc2nc(C(=O)NCc3ccc4c(c3)NC(=O)CO4)[nH]c(=O)c2c1C.CC.CC. The molecule has 0 saturated heterocycles. The van der Waals surface area contributed by atoms with Gasteiger partial charge in [-0.05, 0) is 37.1 Å². The van der Waals surface area contributed by atoms with Gasteiger partial charge in [-0.2, -0.15) is 0 Å². The number of fused-ring (bicyclic) bond motifs is 2. The number of oxime groups is 1. The average molecular weight is 488 g/mol. The van der Waals surface area contributed by atoms with Crippen molar-refractivity contribution in [2.45, 2.75) is 48.1 Å². The Hall–Kier alpha value is -3.73. The number of ether oxygens (including phenoxy) is 1. The van der Waals surface area contributed by atoms with E-state index in [1.807, 2.05) is 27.7 Å². The molecule has 0 fully saturated rings. The van der Waals surface area contributed by atoms with E-state index < -0.39 is 11.5 Å². The van der Waals surface area contributed by atoms with E-state index >= 15 is 0 Å². The predicted molar refractivity (Wildman–Crippen MR) is 133 cm³/mol. The summed E-state index contributed by atoms with van der Waals surface area (Å²) in [5.41, 5.74) is 1.84. The van der Waals surface area contributed by atoms with Gasteiger partial charge in [0.1, 0.15) is 10.6 Å². The summed E-state index contributed by atoms with van der Waals surface area (Å²) < 4.78 is 5.30. The molecule has 34 heavy (non-hydrogen) atoms. The molecule has 0 saturated carbocycles. The highest BCUT2D eigenvalue weighted by molar-refractivity contribution is 7.20. The minimum absolute atomic E-state index is 0.0296. The number of aromatic amines is 1. The standard InChI is InChI=1S/C19H17N5O5S.2C2H6/c1-8-14-17(26)22-16(23-19(14)30-15(8)9(2)24-28)18(27)20-6-10-3-4-12-11(5-10)21-13(25)7-29-12;2*1-2/h3-5,28H,6-7H2,1-2H3,(H,20,27)(H,21,25)(H,22,23,26);2*1-2H3/b24-9+;;. The number of hydrogen-bond acceptors (Lipinski definition) is 8. The summed E-state index contributed by atoms with van der Waals surface area (Å²) in [7, 11) is 0. The van der Waals surface area contributed by atoms with E-state index in [-0.39, 0.29) is 24.9 Å². The summed E-state index contributed by atoms with van der Waals surface area (Å²) in [6, 6.07) is 5.18. The van der Waals surface area contributed by atoms with Crippen LogP contribution in [0, 0.1) is 6.92 Å². The van der Waals surface area contributed by atoms with Crippen LogP contribution in [0.15, 0.2) is 28.1 Å². The normalized spacial score (nSPS) is 12.3. The Balaban J connectivity index is 0.000000970. The number of hydrogen-bond donors (Lipinski definition) is 4. The fourth-order valence-corrected chi connectivity index (χ4v) is 4.27. The second-order valence-corrected chi connectivity index (χ2v) is 7.69. The van der Waals surface area contributed by atoms with E-state index in [0.717, 1.165) is 5.56 Å². The van der Waals surface area contributed by atoms with Gasteiger partial charge in [0.2, 0.25) is 5.82 Å². The molecule has 0 unspecified atom stereocenters. The van der Waals surface area contributed by atoms with Gasteiger partial charge >= 0.3 is 0 Å². The molecule has 0 aliphatic carbocycles. The maximum Gasteiger partial charge on any atom is 0.287 e. The predicted octanol–water partition coefficient (Wildman–Crippen LogP) is 3.80. The second kappa shape index (κ2) is 11.9. The van der Waals surface area contributed by atoms with E-state index in [1.165, 1.54) is 11.3 Å². The highest BCUT2D eigenvalue weighted by atomic mass is 32.1. The summed E-state index contributed by atoms with van der Waals surface area (Å²) in [6.07, 6.45) is 0. The van der Waals surface area contributed by atoms with E-state index in [2.05, 4.69) is 25.8 Å². The molecule has 0 atom stereocenters. The zero-order chi connectivity index (χ0) is 25.4. The first-order chi connectivity index (χ1) is 16.4. The lowest BCUT2D eigenvalue weighted by atomic mass is 10.1. The molecule has 0 radical (unpaired) electrons. The number of anilines is 1. The first-order valence-electron chi connectivity index (χ1n) is 10.9. The smallest absolute Gasteiger partial charge is 0.287 e. The number of aryl methyl sites for hydroxylation is 1. The highest BCUT2D eigenvalue weighted by Gasteiger charge is 2.19. The van der Waals surface area contributed by atoms with Crippen LogP contribution >= 0.6 is 11.3 Å². The third kappa shape index (κ3) is 5.60. The minimum atomic E-state index is -0.549. The molecule has 0 spiro atoms. The molecule has 10 nitrogen and oxygen atoms in total. The van der Waals surface area contributed by atoms with Crippen molar-refractivity contribution in [3.63, 3.8) is 0 Å². The van der Waals surface area contributed by atoms with Gasteiger partial charge in [-0.25, -0.2) is 4.98 Å². The number of carbonyl (C=O) groups is 2. The van der Waals surface area contributed by atoms with Gasteiger partial charge in [-0.15, -0.1) is 11.3 Å². The van der Waals surface area contributed by atoms with Crippen molar-refractivity contribution in [1.29, 1.82) is 0 Å². The number of nitrogens with one attached hydrogen (secondary N) is 3. The first-order valence-corrected chi connectivity index (χ1v) is 11.7. The number of thiophene rings is 1. The van der Waals surface area contributed by atoms with Gasteiger partial charge < -0.3 is 25.6 Å². The van der Waals surface area contributed by atoms with Crippen LogP contribution < -0.4 is 20.9 Å². The molecule has 4 rings (SSSR count). The molecule has 2 aromatic heterocycles. The molecular weight excluding hydrogens is 458 g/mol. The van der Waals surface area contributed by atoms with E-state index in [1.54, 1.807) is 32.0 Å². The molecule has 2 amide bonds. The molecule has 4 N–H and O–H groups in total. The van der Waals surface area contributed by atoms with Gasteiger partial charge in [-0.1, -0.05) is 38.9 Å². The molecule has 3 heterocycles. The van der Waals surface area contributed by atoms with Crippen molar-refractivity contribution in [3.8, 4) is 5.75 Å². The van der Waals surface area contributed by atoms with Crippen LogP contribution in [-0.2, 0) is 11.3 Å². The number of aromatic nitrogens is 2. The molecule has 11 heteroatoms. The van der Waals surface area contributed by atoms with Gasteiger partial charge in [-0.3, -0.25) is 14.4 Å². The number of carbonyl (C=O) groups excluding carboxylic acids is 2. The van der Waals surface area contributed by atoms with Crippen LogP contribution in [0.4, 0.5) is 5.69 Å². The maximum atomic E-state index is 12.5. The van der Waals surface area contributed by atoms with Crippen LogP contribution in [0.2, 0.25) is 0 Å². The lowest BCUT2D eigenvalue weighted by Gasteiger charge is -2.18. The van der Waals surface area contributed by atoms with E-state index in [9.17, 15) is 14.4 Å². The Morgan fingerprint density at radius 2 is 1.97 bits per heavy atom. The second-order valence-electron chi connectivity index (χ2n) is 6.69. The Labute approximate surface area is 201 Å². The number of rotatable bonds is 4. The van der Waals surface area contributed by atoms with Gasteiger partial charge in [0.25, 0.3) is 17.4 Å². The largest absolute Gasteiger partial charge is 0.482 e. The van der Waals surface area contributed by atoms with Crippen LogP contribution in [-0.4, -0.2) is 39.3 Å². The van der Waals surface area contributed by atoms with Crippen molar-refractivity contribution in [1.82, 2.24) is 15.3 Å². The summed E-state index contributed by atoms with van der Waals surface area (Å²) in [5, 5.41) is 17.9. The summed E-state index contributed by atoms with van der Waals surface area (Å²) in [5.74, 6) is -0.349. The summed E-state index contributed by atoms with van der Waals surface area (Å²) >= 11 is 1.18. The van der Waals surface area contributed by atoms with E-state index in [4.69, 9.17) is 9.94 Å². The number of amides is 2. The lowest BCUT2D eigenvalue weighted by Crippen LogP contribution is -2.28. The molecule has 1 aromatic carbocycles. The Morgan fingerprint density at radius 3 is 2.65 bits per heavy atom. The Kier molecular flexibility index (Phi) is 9.31. The highest BCUT2D eigenvalue weighted by Crippen LogP contribution is 2.29. The topological polar surface area (TPSA) is 146 Å². The molecule has 1 aliphatic rings. The number of H-pyrrole nitrogens is 1. The average Bonchev–Trinajstić information content (AvgIpc) is 3.20. The van der Waals surface area contributed by atoms with Gasteiger partial charge in [0.05, 0.1) is 21.7 Å².